The third-order valence-corrected chi connectivity index (χ3v) is 7.66. The highest BCUT2D eigenvalue weighted by atomic mass is 32.2. The fraction of sp³-hybridized carbons (Fsp3) is 0.480. The van der Waals surface area contributed by atoms with Crippen LogP contribution in [0.15, 0.2) is 48.5 Å². The van der Waals surface area contributed by atoms with E-state index in [1.165, 1.54) is 24.7 Å². The summed E-state index contributed by atoms with van der Waals surface area (Å²) in [7, 11) is 2.93. The third-order valence-electron chi connectivity index (χ3n) is 6.61. The number of nitrogens with one attached hydrogen (secondary N) is 1. The minimum Gasteiger partial charge on any atom is -0.379 e. The van der Waals surface area contributed by atoms with Crippen molar-refractivity contribution in [1.82, 2.24) is 4.90 Å². The molecule has 178 valence electrons. The molecule has 3 atom stereocenters. The summed E-state index contributed by atoms with van der Waals surface area (Å²) in [5.41, 5.74) is 3.12. The number of alkyl halides is 3. The second-order valence-corrected chi connectivity index (χ2v) is 9.94. The van der Waals surface area contributed by atoms with E-state index in [1.807, 2.05) is 18.2 Å². The summed E-state index contributed by atoms with van der Waals surface area (Å²) in [4.78, 5) is 13.7. The molecule has 4 nitrogen and oxygen atoms in total. The molecule has 0 spiro atoms. The molecular weight excluding hydrogens is 449 g/mol. The van der Waals surface area contributed by atoms with E-state index in [-0.39, 0.29) is 23.6 Å². The van der Waals surface area contributed by atoms with Crippen molar-refractivity contribution in [2.75, 3.05) is 31.0 Å². The van der Waals surface area contributed by atoms with Crippen LogP contribution in [0.25, 0.3) is 0 Å². The first-order valence-corrected chi connectivity index (χ1v) is 12.3. The Labute approximate surface area is 196 Å². The average Bonchev–Trinajstić information content (AvgIpc) is 3.16. The molecule has 0 aromatic heterocycles. The molecule has 3 unspecified atom stereocenters. The number of benzene rings is 2. The highest BCUT2D eigenvalue weighted by Gasteiger charge is 2.46. The van der Waals surface area contributed by atoms with Crippen molar-refractivity contribution < 1.29 is 22.7 Å². The van der Waals surface area contributed by atoms with Crippen LogP contribution in [0.5, 0.6) is 0 Å². The SMILES string of the molecule is COC1c2ccccc2CC1Nc1ccc(C(N(C)C(=O)C2CCSCC2)C(F)(F)F)cc1. The molecule has 1 fully saturated rings. The molecule has 1 aliphatic carbocycles. The highest BCUT2D eigenvalue weighted by Crippen LogP contribution is 2.40. The molecule has 2 aromatic rings. The highest BCUT2D eigenvalue weighted by molar-refractivity contribution is 7.99. The molecule has 1 heterocycles. The van der Waals surface area contributed by atoms with E-state index in [4.69, 9.17) is 4.74 Å². The largest absolute Gasteiger partial charge is 0.413 e. The Morgan fingerprint density at radius 1 is 1.12 bits per heavy atom. The number of thioether (sulfide) groups is 1. The van der Waals surface area contributed by atoms with Gasteiger partial charge in [0, 0.05) is 25.8 Å². The van der Waals surface area contributed by atoms with Crippen LogP contribution in [0.2, 0.25) is 0 Å². The van der Waals surface area contributed by atoms with Gasteiger partial charge in [0.2, 0.25) is 5.91 Å². The molecule has 0 saturated carbocycles. The molecule has 2 aromatic carbocycles. The lowest BCUT2D eigenvalue weighted by Crippen LogP contribution is -2.43. The van der Waals surface area contributed by atoms with Gasteiger partial charge in [0.15, 0.2) is 6.04 Å². The molecule has 1 N–H and O–H groups in total. The van der Waals surface area contributed by atoms with E-state index in [9.17, 15) is 18.0 Å². The summed E-state index contributed by atoms with van der Waals surface area (Å²) in [6, 6.07) is 12.3. The number of anilines is 1. The van der Waals surface area contributed by atoms with Gasteiger partial charge in [-0.1, -0.05) is 36.4 Å². The smallest absolute Gasteiger partial charge is 0.379 e. The van der Waals surface area contributed by atoms with Gasteiger partial charge in [-0.15, -0.1) is 0 Å². The zero-order valence-corrected chi connectivity index (χ0v) is 19.6. The van der Waals surface area contributed by atoms with Gasteiger partial charge >= 0.3 is 6.18 Å². The molecule has 4 rings (SSSR count). The van der Waals surface area contributed by atoms with E-state index < -0.39 is 18.1 Å². The standard InChI is InChI=1S/C25H29F3N2O2S/c1-30(24(31)17-11-13-33-14-12-17)23(25(26,27)28)16-7-9-19(10-8-16)29-21-15-18-5-3-4-6-20(18)22(21)32-2/h3-10,17,21-23,29H,11-15H2,1-2H3. The lowest BCUT2D eigenvalue weighted by molar-refractivity contribution is -0.190. The molecule has 1 saturated heterocycles. The van der Waals surface area contributed by atoms with Gasteiger partial charge in [0.05, 0.1) is 6.04 Å². The molecule has 1 amide bonds. The van der Waals surface area contributed by atoms with Crippen LogP contribution in [0.1, 0.15) is 41.7 Å². The number of fused-ring (bicyclic) bond motifs is 1. The number of methoxy groups -OCH3 is 1. The zero-order valence-electron chi connectivity index (χ0n) is 18.8. The van der Waals surface area contributed by atoms with Crippen LogP contribution >= 0.6 is 11.8 Å². The lowest BCUT2D eigenvalue weighted by atomic mass is 9.98. The minimum atomic E-state index is -4.56. The van der Waals surface area contributed by atoms with E-state index in [0.717, 1.165) is 34.1 Å². The third kappa shape index (κ3) is 5.17. The van der Waals surface area contributed by atoms with E-state index in [2.05, 4.69) is 11.4 Å². The first-order valence-electron chi connectivity index (χ1n) is 11.2. The Morgan fingerprint density at radius 3 is 2.42 bits per heavy atom. The maximum atomic E-state index is 14.0. The van der Waals surface area contributed by atoms with Crippen molar-refractivity contribution in [2.45, 2.75) is 43.6 Å². The van der Waals surface area contributed by atoms with Crippen molar-refractivity contribution >= 4 is 23.4 Å². The van der Waals surface area contributed by atoms with Crippen LogP contribution < -0.4 is 5.32 Å². The van der Waals surface area contributed by atoms with Crippen LogP contribution in [-0.4, -0.2) is 48.7 Å². The summed E-state index contributed by atoms with van der Waals surface area (Å²) in [6.45, 7) is 0. The van der Waals surface area contributed by atoms with Crippen molar-refractivity contribution in [2.24, 2.45) is 5.92 Å². The van der Waals surface area contributed by atoms with Crippen molar-refractivity contribution in [3.05, 3.63) is 65.2 Å². The fourth-order valence-electron chi connectivity index (χ4n) is 4.94. The molecular formula is C25H29F3N2O2S. The molecule has 0 bridgehead atoms. The number of ether oxygens (including phenoxy) is 1. The van der Waals surface area contributed by atoms with E-state index in [0.29, 0.717) is 12.8 Å². The van der Waals surface area contributed by atoms with Crippen molar-refractivity contribution in [3.63, 3.8) is 0 Å². The number of carbonyl (C=O) groups excluding carboxylic acids is 1. The van der Waals surface area contributed by atoms with Crippen LogP contribution in [0.3, 0.4) is 0 Å². The number of hydrogen-bond donors (Lipinski definition) is 1. The molecule has 33 heavy (non-hydrogen) atoms. The first kappa shape index (κ1) is 24.0. The maximum Gasteiger partial charge on any atom is 0.413 e. The maximum absolute atomic E-state index is 14.0. The Kier molecular flexibility index (Phi) is 7.24. The van der Waals surface area contributed by atoms with Gasteiger partial charge in [-0.05, 0) is 59.6 Å². The number of rotatable bonds is 6. The Balaban J connectivity index is 1.49. The Hall–Kier alpha value is -2.19. The minimum absolute atomic E-state index is 0.00918. The second kappa shape index (κ2) is 9.97. The Bertz CT molecular complexity index is 961. The monoisotopic (exact) mass is 478 g/mol. The summed E-state index contributed by atoms with van der Waals surface area (Å²) < 4.78 is 47.8. The first-order chi connectivity index (χ1) is 15.8. The fourth-order valence-corrected chi connectivity index (χ4v) is 6.05. The topological polar surface area (TPSA) is 41.6 Å². The molecule has 2 aliphatic rings. The second-order valence-electron chi connectivity index (χ2n) is 8.71. The molecule has 0 radical (unpaired) electrons. The summed E-state index contributed by atoms with van der Waals surface area (Å²) in [5, 5.41) is 3.41. The lowest BCUT2D eigenvalue weighted by Gasteiger charge is -2.34. The van der Waals surface area contributed by atoms with Gasteiger partial charge < -0.3 is 15.0 Å². The predicted molar refractivity (Wildman–Crippen MR) is 125 cm³/mol. The summed E-state index contributed by atoms with van der Waals surface area (Å²) in [6.07, 6.45) is -2.64. The normalized spacial score (nSPS) is 22.0. The Morgan fingerprint density at radius 2 is 1.79 bits per heavy atom. The summed E-state index contributed by atoms with van der Waals surface area (Å²) in [5.74, 6) is 0.868. The number of amides is 1. The number of carbonyl (C=O) groups is 1. The predicted octanol–water partition coefficient (Wildman–Crippen LogP) is 5.62. The van der Waals surface area contributed by atoms with Crippen molar-refractivity contribution in [3.8, 4) is 0 Å². The average molecular weight is 479 g/mol. The zero-order chi connectivity index (χ0) is 23.6. The quantitative estimate of drug-likeness (QED) is 0.586. The van der Waals surface area contributed by atoms with Crippen LogP contribution in [0, 0.1) is 5.92 Å². The van der Waals surface area contributed by atoms with Gasteiger partial charge in [0.25, 0.3) is 0 Å². The summed E-state index contributed by atoms with van der Waals surface area (Å²) >= 11 is 1.74. The molecule has 8 heteroatoms. The van der Waals surface area contributed by atoms with Gasteiger partial charge in [-0.2, -0.15) is 24.9 Å². The van der Waals surface area contributed by atoms with Crippen LogP contribution in [-0.2, 0) is 16.0 Å². The van der Waals surface area contributed by atoms with E-state index in [1.54, 1.807) is 31.0 Å². The number of halogens is 3. The van der Waals surface area contributed by atoms with Gasteiger partial charge in [-0.3, -0.25) is 4.79 Å². The van der Waals surface area contributed by atoms with E-state index >= 15 is 0 Å². The van der Waals surface area contributed by atoms with Gasteiger partial charge in [0.1, 0.15) is 6.10 Å². The number of nitrogens with zero attached hydrogens (tertiary/aromatic N) is 1. The molecule has 1 aliphatic heterocycles. The number of hydrogen-bond acceptors (Lipinski definition) is 4. The van der Waals surface area contributed by atoms with Gasteiger partial charge in [-0.25, -0.2) is 0 Å². The van der Waals surface area contributed by atoms with Crippen LogP contribution in [0.4, 0.5) is 18.9 Å². The van der Waals surface area contributed by atoms with Crippen molar-refractivity contribution in [1.29, 1.82) is 0 Å².